The minimum Gasteiger partial charge on any atom is -0.314 e. The summed E-state index contributed by atoms with van der Waals surface area (Å²) in [5.74, 6) is 2.75. The van der Waals surface area contributed by atoms with Crippen molar-refractivity contribution in [2.75, 3.05) is 6.54 Å². The Labute approximate surface area is 130 Å². The lowest BCUT2D eigenvalue weighted by Gasteiger charge is -2.19. The Balaban J connectivity index is 1.67. The van der Waals surface area contributed by atoms with Crippen LogP contribution in [-0.2, 0) is 6.42 Å². The molecule has 2 aliphatic rings. The fourth-order valence-corrected chi connectivity index (χ4v) is 4.54. The van der Waals surface area contributed by atoms with Crippen molar-refractivity contribution in [2.45, 2.75) is 70.8 Å². The largest absolute Gasteiger partial charge is 0.314 e. The van der Waals surface area contributed by atoms with E-state index in [1.54, 1.807) is 11.1 Å². The minimum atomic E-state index is 0.762. The highest BCUT2D eigenvalue weighted by Gasteiger charge is 2.55. The molecule has 1 fully saturated rings. The number of aryl methyl sites for hydroxylation is 1. The molecule has 1 aromatic carbocycles. The van der Waals surface area contributed by atoms with Gasteiger partial charge in [0, 0.05) is 6.04 Å². The lowest BCUT2D eigenvalue weighted by molar-refractivity contribution is 0.397. The molecule has 4 unspecified atom stereocenters. The molecule has 0 bridgehead atoms. The average molecular weight is 285 g/mol. The van der Waals surface area contributed by atoms with Crippen molar-refractivity contribution in [2.24, 2.45) is 11.8 Å². The predicted octanol–water partition coefficient (Wildman–Crippen LogP) is 4.91. The van der Waals surface area contributed by atoms with Gasteiger partial charge in [0.15, 0.2) is 0 Å². The molecular formula is C20H31N. The number of hydrogen-bond acceptors (Lipinski definition) is 1. The zero-order chi connectivity index (χ0) is 14.7. The normalized spacial score (nSPS) is 27.8. The van der Waals surface area contributed by atoms with E-state index in [4.69, 9.17) is 0 Å². The average Bonchev–Trinajstić information content (AvgIpc) is 3.26. The molecule has 1 N–H and O–H groups in total. The van der Waals surface area contributed by atoms with Crippen LogP contribution >= 0.6 is 0 Å². The maximum Gasteiger partial charge on any atom is 0.0104 e. The van der Waals surface area contributed by atoms with Crippen molar-refractivity contribution in [1.29, 1.82) is 0 Å². The number of benzene rings is 1. The number of fused-ring (bicyclic) bond motifs is 3. The van der Waals surface area contributed by atoms with Gasteiger partial charge in [0.05, 0.1) is 0 Å². The van der Waals surface area contributed by atoms with E-state index in [-0.39, 0.29) is 0 Å². The van der Waals surface area contributed by atoms with Crippen molar-refractivity contribution in [3.8, 4) is 0 Å². The molecule has 0 radical (unpaired) electrons. The van der Waals surface area contributed by atoms with E-state index in [9.17, 15) is 0 Å². The zero-order valence-electron chi connectivity index (χ0n) is 13.8. The topological polar surface area (TPSA) is 12.0 Å². The second-order valence-corrected chi connectivity index (χ2v) is 7.06. The Kier molecular flexibility index (Phi) is 5.00. The second kappa shape index (κ2) is 6.96. The van der Waals surface area contributed by atoms with Crippen LogP contribution in [0, 0.1) is 11.8 Å². The van der Waals surface area contributed by atoms with Gasteiger partial charge < -0.3 is 5.32 Å². The van der Waals surface area contributed by atoms with Crippen LogP contribution in [0.1, 0.15) is 69.4 Å². The van der Waals surface area contributed by atoms with Gasteiger partial charge in [0.1, 0.15) is 0 Å². The fourth-order valence-electron chi connectivity index (χ4n) is 4.54. The van der Waals surface area contributed by atoms with Gasteiger partial charge in [-0.25, -0.2) is 0 Å². The van der Waals surface area contributed by atoms with Crippen molar-refractivity contribution in [3.63, 3.8) is 0 Å². The summed E-state index contributed by atoms with van der Waals surface area (Å²) in [5.41, 5.74) is 3.31. The molecule has 0 aliphatic heterocycles. The van der Waals surface area contributed by atoms with Crippen LogP contribution in [0.3, 0.4) is 0 Å². The quantitative estimate of drug-likeness (QED) is 0.669. The molecule has 1 saturated carbocycles. The summed E-state index contributed by atoms with van der Waals surface area (Å²) in [6.07, 6.45) is 9.49. The third kappa shape index (κ3) is 3.18. The number of nitrogens with one attached hydrogen (secondary N) is 1. The van der Waals surface area contributed by atoms with Gasteiger partial charge >= 0.3 is 0 Å². The van der Waals surface area contributed by atoms with E-state index in [1.165, 1.54) is 51.5 Å². The van der Waals surface area contributed by atoms with Crippen LogP contribution in [0.5, 0.6) is 0 Å². The van der Waals surface area contributed by atoms with Gasteiger partial charge in [-0.2, -0.15) is 0 Å². The Hall–Kier alpha value is -0.820. The fraction of sp³-hybridized carbons (Fsp3) is 0.700. The van der Waals surface area contributed by atoms with Crippen LogP contribution in [0.4, 0.5) is 0 Å². The molecule has 1 nitrogen and oxygen atoms in total. The molecule has 2 aliphatic carbocycles. The molecule has 0 aromatic heterocycles. The lowest BCUT2D eigenvalue weighted by atomic mass is 9.92. The highest BCUT2D eigenvalue weighted by Crippen LogP contribution is 2.61. The van der Waals surface area contributed by atoms with Crippen molar-refractivity contribution in [1.82, 2.24) is 5.32 Å². The first-order valence-corrected chi connectivity index (χ1v) is 9.18. The molecule has 0 spiro atoms. The van der Waals surface area contributed by atoms with E-state index in [0.717, 1.165) is 23.8 Å². The molecule has 116 valence electrons. The number of rotatable bonds is 8. The molecule has 4 atom stereocenters. The summed E-state index contributed by atoms with van der Waals surface area (Å²) in [6.45, 7) is 5.78. The molecule has 3 rings (SSSR count). The van der Waals surface area contributed by atoms with Gasteiger partial charge in [0.25, 0.3) is 0 Å². The minimum absolute atomic E-state index is 0.762. The highest BCUT2D eigenvalue weighted by molar-refractivity contribution is 5.40. The van der Waals surface area contributed by atoms with Crippen molar-refractivity contribution >= 4 is 0 Å². The highest BCUT2D eigenvalue weighted by atomic mass is 14.9. The molecular weight excluding hydrogens is 254 g/mol. The first kappa shape index (κ1) is 15.1. The van der Waals surface area contributed by atoms with E-state index >= 15 is 0 Å². The van der Waals surface area contributed by atoms with Gasteiger partial charge in [-0.1, -0.05) is 57.4 Å². The molecule has 0 amide bonds. The summed E-state index contributed by atoms with van der Waals surface area (Å²) in [7, 11) is 0. The van der Waals surface area contributed by atoms with Gasteiger partial charge in [-0.15, -0.1) is 0 Å². The summed E-state index contributed by atoms with van der Waals surface area (Å²) >= 11 is 0. The summed E-state index contributed by atoms with van der Waals surface area (Å²) in [4.78, 5) is 0. The lowest BCUT2D eigenvalue weighted by Crippen LogP contribution is -2.32. The van der Waals surface area contributed by atoms with Crippen LogP contribution in [0.25, 0.3) is 0 Å². The number of hydrogen-bond donors (Lipinski definition) is 1. The van der Waals surface area contributed by atoms with Crippen LogP contribution in [0.2, 0.25) is 0 Å². The second-order valence-electron chi connectivity index (χ2n) is 7.06. The molecule has 0 saturated heterocycles. The Morgan fingerprint density at radius 3 is 2.81 bits per heavy atom. The third-order valence-corrected chi connectivity index (χ3v) is 5.63. The first-order valence-electron chi connectivity index (χ1n) is 9.18. The Morgan fingerprint density at radius 2 is 2.00 bits per heavy atom. The zero-order valence-corrected chi connectivity index (χ0v) is 13.8. The smallest absolute Gasteiger partial charge is 0.0104 e. The van der Waals surface area contributed by atoms with Crippen molar-refractivity contribution < 1.29 is 0 Å². The van der Waals surface area contributed by atoms with Crippen molar-refractivity contribution in [3.05, 3.63) is 35.4 Å². The van der Waals surface area contributed by atoms with Crippen LogP contribution in [0.15, 0.2) is 24.3 Å². The molecule has 1 aromatic rings. The summed E-state index contributed by atoms with van der Waals surface area (Å²) in [5, 5.41) is 3.88. The van der Waals surface area contributed by atoms with Gasteiger partial charge in [-0.05, 0) is 61.1 Å². The maximum absolute atomic E-state index is 3.88. The first-order chi connectivity index (χ1) is 10.4. The van der Waals surface area contributed by atoms with E-state index < -0.39 is 0 Å². The van der Waals surface area contributed by atoms with E-state index in [2.05, 4.69) is 43.4 Å². The predicted molar refractivity (Wildman–Crippen MR) is 90.7 cm³/mol. The SMILES string of the molecule is CCCCCC(NCCC)C1C2CCc3ccccc3C21. The Bertz CT molecular complexity index is 453. The van der Waals surface area contributed by atoms with Crippen LogP contribution < -0.4 is 5.32 Å². The van der Waals surface area contributed by atoms with Crippen LogP contribution in [-0.4, -0.2) is 12.6 Å². The third-order valence-electron chi connectivity index (χ3n) is 5.63. The monoisotopic (exact) mass is 285 g/mol. The number of unbranched alkanes of at least 4 members (excludes halogenated alkanes) is 2. The van der Waals surface area contributed by atoms with E-state index in [1.807, 2.05) is 0 Å². The standard InChI is InChI=1S/C20H31N/c1-3-5-6-11-18(21-14-4-2)20-17-13-12-15-9-7-8-10-16(15)19(17)20/h7-10,17-21H,3-6,11-14H2,1-2H3. The maximum atomic E-state index is 3.88. The Morgan fingerprint density at radius 1 is 1.14 bits per heavy atom. The summed E-state index contributed by atoms with van der Waals surface area (Å²) in [6, 6.07) is 9.96. The van der Waals surface area contributed by atoms with Gasteiger partial charge in [-0.3, -0.25) is 0 Å². The van der Waals surface area contributed by atoms with E-state index in [0.29, 0.717) is 0 Å². The summed E-state index contributed by atoms with van der Waals surface area (Å²) < 4.78 is 0. The molecule has 1 heteroatoms. The molecule has 0 heterocycles. The molecule has 21 heavy (non-hydrogen) atoms. The van der Waals surface area contributed by atoms with Gasteiger partial charge in [0.2, 0.25) is 0 Å².